The van der Waals surface area contributed by atoms with Gasteiger partial charge in [0.05, 0.1) is 0 Å². The number of likely N-dealkylation sites (N-methyl/N-ethyl adjacent to an activating group) is 1. The molecule has 0 bridgehead atoms. The summed E-state index contributed by atoms with van der Waals surface area (Å²) in [5, 5.41) is 3.32. The molecule has 16 heavy (non-hydrogen) atoms. The van der Waals surface area contributed by atoms with Crippen LogP contribution in [0.4, 0.5) is 5.69 Å². The maximum Gasteiger partial charge on any atom is 0.0452 e. The predicted molar refractivity (Wildman–Crippen MR) is 72.1 cm³/mol. The highest BCUT2D eigenvalue weighted by atomic mass is 32.2. The van der Waals surface area contributed by atoms with Crippen molar-refractivity contribution in [2.75, 3.05) is 25.6 Å². The van der Waals surface area contributed by atoms with Gasteiger partial charge in [0.2, 0.25) is 0 Å². The molecule has 1 aliphatic carbocycles. The van der Waals surface area contributed by atoms with Crippen molar-refractivity contribution in [1.82, 2.24) is 5.32 Å². The first-order valence-corrected chi connectivity index (χ1v) is 7.03. The van der Waals surface area contributed by atoms with Gasteiger partial charge in [-0.05, 0) is 43.8 Å². The van der Waals surface area contributed by atoms with E-state index in [2.05, 4.69) is 29.8 Å². The van der Waals surface area contributed by atoms with Crippen LogP contribution in [0.5, 0.6) is 0 Å². The largest absolute Gasteiger partial charge is 0.398 e. The van der Waals surface area contributed by atoms with Gasteiger partial charge in [-0.2, -0.15) is 0 Å². The second-order valence-corrected chi connectivity index (χ2v) is 5.47. The molecule has 0 amide bonds. The molecule has 2 nitrogen and oxygen atoms in total. The molecule has 1 fully saturated rings. The van der Waals surface area contributed by atoms with Gasteiger partial charge in [-0.3, -0.25) is 0 Å². The van der Waals surface area contributed by atoms with Gasteiger partial charge < -0.3 is 11.1 Å². The van der Waals surface area contributed by atoms with Crippen molar-refractivity contribution in [3.05, 3.63) is 23.8 Å². The number of rotatable bonds is 4. The summed E-state index contributed by atoms with van der Waals surface area (Å²) in [5.74, 6) is 0. The normalized spacial score (nSPS) is 18.1. The van der Waals surface area contributed by atoms with E-state index in [0.29, 0.717) is 5.41 Å². The maximum atomic E-state index is 5.94. The van der Waals surface area contributed by atoms with Crippen molar-refractivity contribution in [2.45, 2.75) is 29.6 Å². The number of hydrogen-bond donors (Lipinski definition) is 2. The third-order valence-corrected chi connectivity index (χ3v) is 4.47. The van der Waals surface area contributed by atoms with Gasteiger partial charge in [0.25, 0.3) is 0 Å². The molecule has 0 unspecified atom stereocenters. The van der Waals surface area contributed by atoms with E-state index in [-0.39, 0.29) is 0 Å². The first kappa shape index (κ1) is 11.8. The Labute approximate surface area is 102 Å². The Morgan fingerprint density at radius 1 is 1.44 bits per heavy atom. The monoisotopic (exact) mass is 236 g/mol. The molecular weight excluding hydrogens is 216 g/mol. The van der Waals surface area contributed by atoms with Crippen molar-refractivity contribution in [3.8, 4) is 0 Å². The van der Waals surface area contributed by atoms with E-state index in [4.69, 9.17) is 5.73 Å². The number of nitrogen functional groups attached to an aromatic ring is 1. The molecule has 1 saturated carbocycles. The third kappa shape index (κ3) is 1.94. The summed E-state index contributed by atoms with van der Waals surface area (Å²) in [6.45, 7) is 1.07. The van der Waals surface area contributed by atoms with E-state index in [1.54, 1.807) is 11.8 Å². The summed E-state index contributed by atoms with van der Waals surface area (Å²) in [7, 11) is 2.03. The minimum atomic E-state index is 0.368. The van der Waals surface area contributed by atoms with Gasteiger partial charge in [-0.15, -0.1) is 11.8 Å². The highest BCUT2D eigenvalue weighted by molar-refractivity contribution is 7.98. The standard InChI is InChI=1S/C13H20N2S/c1-15-9-13(6-3-7-13)10-4-5-11(14)12(8-10)16-2/h4-5,8,15H,3,6-7,9,14H2,1-2H3. The lowest BCUT2D eigenvalue weighted by Gasteiger charge is -2.42. The quantitative estimate of drug-likeness (QED) is 0.623. The summed E-state index contributed by atoms with van der Waals surface area (Å²) in [6, 6.07) is 6.53. The van der Waals surface area contributed by atoms with Crippen LogP contribution >= 0.6 is 11.8 Å². The van der Waals surface area contributed by atoms with Crippen LogP contribution < -0.4 is 11.1 Å². The Morgan fingerprint density at radius 3 is 2.69 bits per heavy atom. The van der Waals surface area contributed by atoms with Gasteiger partial charge in [0.15, 0.2) is 0 Å². The van der Waals surface area contributed by atoms with Gasteiger partial charge >= 0.3 is 0 Å². The van der Waals surface area contributed by atoms with Crippen LogP contribution in [0.1, 0.15) is 24.8 Å². The highest BCUT2D eigenvalue weighted by Gasteiger charge is 2.38. The molecule has 1 aromatic rings. The van der Waals surface area contributed by atoms with E-state index >= 15 is 0 Å². The van der Waals surface area contributed by atoms with Crippen LogP contribution in [0.25, 0.3) is 0 Å². The van der Waals surface area contributed by atoms with E-state index in [1.807, 2.05) is 7.05 Å². The van der Waals surface area contributed by atoms with Crippen molar-refractivity contribution < 1.29 is 0 Å². The molecular formula is C13H20N2S. The molecule has 0 atom stereocenters. The number of anilines is 1. The predicted octanol–water partition coefficient (Wildman–Crippen LogP) is 2.63. The summed E-state index contributed by atoms with van der Waals surface area (Å²) in [5.41, 5.74) is 8.66. The molecule has 0 radical (unpaired) electrons. The molecule has 0 saturated heterocycles. The summed E-state index contributed by atoms with van der Waals surface area (Å²) >= 11 is 1.73. The average Bonchev–Trinajstić information content (AvgIpc) is 2.24. The Bertz CT molecular complexity index is 372. The molecule has 0 spiro atoms. The topological polar surface area (TPSA) is 38.0 Å². The summed E-state index contributed by atoms with van der Waals surface area (Å²) in [6.07, 6.45) is 6.03. The molecule has 0 aliphatic heterocycles. The van der Waals surface area contributed by atoms with Crippen molar-refractivity contribution in [2.24, 2.45) is 0 Å². The van der Waals surface area contributed by atoms with Crippen LogP contribution in [-0.2, 0) is 5.41 Å². The molecule has 3 heteroatoms. The lowest BCUT2D eigenvalue weighted by Crippen LogP contribution is -2.42. The molecule has 3 N–H and O–H groups in total. The fourth-order valence-corrected chi connectivity index (χ4v) is 3.10. The smallest absolute Gasteiger partial charge is 0.0452 e. The Balaban J connectivity index is 2.31. The second-order valence-electron chi connectivity index (χ2n) is 4.62. The van der Waals surface area contributed by atoms with E-state index in [1.165, 1.54) is 29.7 Å². The number of thioether (sulfide) groups is 1. The van der Waals surface area contributed by atoms with Crippen molar-refractivity contribution in [3.63, 3.8) is 0 Å². The first-order valence-electron chi connectivity index (χ1n) is 5.80. The van der Waals surface area contributed by atoms with Crippen LogP contribution in [0, 0.1) is 0 Å². The Morgan fingerprint density at radius 2 is 2.19 bits per heavy atom. The number of nitrogens with one attached hydrogen (secondary N) is 1. The zero-order valence-corrected chi connectivity index (χ0v) is 10.9. The van der Waals surface area contributed by atoms with Crippen LogP contribution in [0.3, 0.4) is 0 Å². The molecule has 0 aromatic heterocycles. The Hall–Kier alpha value is -0.670. The van der Waals surface area contributed by atoms with Crippen molar-refractivity contribution in [1.29, 1.82) is 0 Å². The molecule has 0 heterocycles. The zero-order chi connectivity index (χ0) is 11.6. The average molecular weight is 236 g/mol. The number of nitrogens with two attached hydrogens (primary N) is 1. The van der Waals surface area contributed by atoms with Gasteiger partial charge in [-0.25, -0.2) is 0 Å². The van der Waals surface area contributed by atoms with Gasteiger partial charge in [0, 0.05) is 22.5 Å². The van der Waals surface area contributed by atoms with E-state index < -0.39 is 0 Å². The van der Waals surface area contributed by atoms with Crippen LogP contribution in [-0.4, -0.2) is 19.8 Å². The Kier molecular flexibility index (Phi) is 3.45. The lowest BCUT2D eigenvalue weighted by molar-refractivity contribution is 0.238. The zero-order valence-electron chi connectivity index (χ0n) is 10.0. The van der Waals surface area contributed by atoms with Crippen LogP contribution in [0.2, 0.25) is 0 Å². The maximum absolute atomic E-state index is 5.94. The van der Waals surface area contributed by atoms with Crippen molar-refractivity contribution >= 4 is 17.4 Å². The first-order chi connectivity index (χ1) is 7.72. The fourth-order valence-electron chi connectivity index (χ4n) is 2.55. The van der Waals surface area contributed by atoms with Gasteiger partial charge in [0.1, 0.15) is 0 Å². The molecule has 2 rings (SSSR count). The van der Waals surface area contributed by atoms with E-state index in [9.17, 15) is 0 Å². The minimum absolute atomic E-state index is 0.368. The lowest BCUT2D eigenvalue weighted by atomic mass is 9.64. The summed E-state index contributed by atoms with van der Waals surface area (Å²) < 4.78 is 0. The highest BCUT2D eigenvalue weighted by Crippen LogP contribution is 2.44. The fraction of sp³-hybridized carbons (Fsp3) is 0.538. The minimum Gasteiger partial charge on any atom is -0.398 e. The molecule has 1 aromatic carbocycles. The second kappa shape index (κ2) is 4.68. The number of hydrogen-bond acceptors (Lipinski definition) is 3. The summed E-state index contributed by atoms with van der Waals surface area (Å²) in [4.78, 5) is 1.21. The molecule has 1 aliphatic rings. The number of benzene rings is 1. The van der Waals surface area contributed by atoms with Gasteiger partial charge in [-0.1, -0.05) is 12.5 Å². The molecule has 88 valence electrons. The van der Waals surface area contributed by atoms with Crippen LogP contribution in [0.15, 0.2) is 23.1 Å². The van der Waals surface area contributed by atoms with E-state index in [0.717, 1.165) is 12.2 Å². The SMILES string of the molecule is CNCC1(c2ccc(N)c(SC)c2)CCC1. The third-order valence-electron chi connectivity index (χ3n) is 3.67.